The van der Waals surface area contributed by atoms with E-state index in [9.17, 15) is 4.39 Å². The second kappa shape index (κ2) is 6.71. The Balaban J connectivity index is 2.37. The molecule has 0 aliphatic heterocycles. The van der Waals surface area contributed by atoms with E-state index in [-0.39, 0.29) is 11.8 Å². The van der Waals surface area contributed by atoms with Crippen molar-refractivity contribution in [3.8, 4) is 6.07 Å². The summed E-state index contributed by atoms with van der Waals surface area (Å²) in [4.78, 5) is 0. The van der Waals surface area contributed by atoms with Gasteiger partial charge in [0.05, 0.1) is 11.6 Å². The zero-order valence-corrected chi connectivity index (χ0v) is 12.4. The molecule has 0 saturated carbocycles. The van der Waals surface area contributed by atoms with Crippen LogP contribution in [-0.4, -0.2) is 6.54 Å². The van der Waals surface area contributed by atoms with E-state index in [2.05, 4.69) is 0 Å². The Hall–Kier alpha value is -1.89. The van der Waals surface area contributed by atoms with Crippen LogP contribution in [0.25, 0.3) is 0 Å². The first-order valence-corrected chi connectivity index (χ1v) is 7.09. The second-order valence-corrected chi connectivity index (χ2v) is 5.50. The third-order valence-corrected chi connectivity index (χ3v) is 3.98. The third-order valence-electron chi connectivity index (χ3n) is 3.73. The number of nitrogens with zero attached hydrogens (tertiary/aromatic N) is 1. The third kappa shape index (κ3) is 3.60. The molecule has 2 nitrogen and oxygen atoms in total. The minimum Gasteiger partial charge on any atom is -0.330 e. The van der Waals surface area contributed by atoms with E-state index in [1.54, 1.807) is 6.07 Å². The van der Waals surface area contributed by atoms with Gasteiger partial charge in [-0.05, 0) is 53.9 Å². The minimum absolute atomic E-state index is 0.0611. The van der Waals surface area contributed by atoms with Crippen LogP contribution in [0.1, 0.15) is 35.4 Å². The highest BCUT2D eigenvalue weighted by atomic mass is 35.5. The van der Waals surface area contributed by atoms with E-state index in [1.807, 2.05) is 37.3 Å². The SMILES string of the molecule is CC(c1ccc(Cl)cc1)C(CN)c1cc(F)cc(C#N)c1. The molecule has 4 heteroatoms. The van der Waals surface area contributed by atoms with Gasteiger partial charge < -0.3 is 5.73 Å². The van der Waals surface area contributed by atoms with Crippen LogP contribution in [0.3, 0.4) is 0 Å². The van der Waals surface area contributed by atoms with Gasteiger partial charge in [0, 0.05) is 10.9 Å². The fourth-order valence-electron chi connectivity index (χ4n) is 2.52. The molecule has 2 N–H and O–H groups in total. The first-order valence-electron chi connectivity index (χ1n) is 6.71. The van der Waals surface area contributed by atoms with E-state index >= 15 is 0 Å². The lowest BCUT2D eigenvalue weighted by Gasteiger charge is -2.24. The first kappa shape index (κ1) is 15.5. The van der Waals surface area contributed by atoms with Gasteiger partial charge in [0.15, 0.2) is 0 Å². The Morgan fingerprint density at radius 3 is 2.43 bits per heavy atom. The average Bonchev–Trinajstić information content (AvgIpc) is 2.48. The lowest BCUT2D eigenvalue weighted by atomic mass is 9.82. The molecule has 2 atom stereocenters. The quantitative estimate of drug-likeness (QED) is 0.920. The van der Waals surface area contributed by atoms with Crippen molar-refractivity contribution in [3.63, 3.8) is 0 Å². The molecule has 0 saturated heterocycles. The van der Waals surface area contributed by atoms with Crippen molar-refractivity contribution in [2.24, 2.45) is 5.73 Å². The Kier molecular flexibility index (Phi) is 4.95. The summed E-state index contributed by atoms with van der Waals surface area (Å²) in [5, 5.41) is 9.64. The van der Waals surface area contributed by atoms with Crippen LogP contribution in [0.2, 0.25) is 5.02 Å². The molecule has 0 aliphatic carbocycles. The van der Waals surface area contributed by atoms with E-state index < -0.39 is 5.82 Å². The molecule has 21 heavy (non-hydrogen) atoms. The highest BCUT2D eigenvalue weighted by molar-refractivity contribution is 6.30. The molecule has 108 valence electrons. The highest BCUT2D eigenvalue weighted by Gasteiger charge is 2.20. The predicted octanol–water partition coefficient (Wildman–Crippen LogP) is 4.20. The molecule has 2 unspecified atom stereocenters. The van der Waals surface area contributed by atoms with Gasteiger partial charge in [-0.25, -0.2) is 4.39 Å². The Labute approximate surface area is 129 Å². The van der Waals surface area contributed by atoms with Crippen LogP contribution in [0.5, 0.6) is 0 Å². The van der Waals surface area contributed by atoms with Crippen molar-refractivity contribution in [2.45, 2.75) is 18.8 Å². The van der Waals surface area contributed by atoms with Gasteiger partial charge in [-0.2, -0.15) is 5.26 Å². The molecule has 0 fully saturated rings. The summed E-state index contributed by atoms with van der Waals surface area (Å²) in [5.41, 5.74) is 8.02. The number of nitrogens with two attached hydrogens (primary N) is 1. The maximum absolute atomic E-state index is 13.6. The summed E-state index contributed by atoms with van der Waals surface area (Å²) in [6.07, 6.45) is 0. The summed E-state index contributed by atoms with van der Waals surface area (Å²) in [6.45, 7) is 2.41. The molecular weight excluding hydrogens is 287 g/mol. The van der Waals surface area contributed by atoms with Crippen molar-refractivity contribution in [1.82, 2.24) is 0 Å². The second-order valence-electron chi connectivity index (χ2n) is 5.07. The lowest BCUT2D eigenvalue weighted by molar-refractivity contribution is 0.572. The number of rotatable bonds is 4. The van der Waals surface area contributed by atoms with Crippen LogP contribution in [0.4, 0.5) is 4.39 Å². The van der Waals surface area contributed by atoms with Crippen molar-refractivity contribution < 1.29 is 4.39 Å². The zero-order chi connectivity index (χ0) is 15.4. The molecule has 0 aliphatic rings. The van der Waals surface area contributed by atoms with Gasteiger partial charge in [-0.15, -0.1) is 0 Å². The van der Waals surface area contributed by atoms with Crippen molar-refractivity contribution in [2.75, 3.05) is 6.54 Å². The molecule has 2 rings (SSSR count). The van der Waals surface area contributed by atoms with E-state index in [1.165, 1.54) is 12.1 Å². The predicted molar refractivity (Wildman–Crippen MR) is 82.8 cm³/mol. The Bertz CT molecular complexity index is 661. The van der Waals surface area contributed by atoms with Crippen LogP contribution in [0, 0.1) is 17.1 Å². The van der Waals surface area contributed by atoms with Gasteiger partial charge in [-0.3, -0.25) is 0 Å². The fraction of sp³-hybridized carbons (Fsp3) is 0.235. The van der Waals surface area contributed by atoms with Crippen LogP contribution >= 0.6 is 11.6 Å². The molecule has 0 aromatic heterocycles. The fourth-order valence-corrected chi connectivity index (χ4v) is 2.64. The smallest absolute Gasteiger partial charge is 0.124 e. The monoisotopic (exact) mass is 302 g/mol. The average molecular weight is 303 g/mol. The number of hydrogen-bond donors (Lipinski definition) is 1. The summed E-state index contributed by atoms with van der Waals surface area (Å²) < 4.78 is 13.6. The number of halogens is 2. The van der Waals surface area contributed by atoms with Crippen molar-refractivity contribution in [3.05, 3.63) is 70.0 Å². The minimum atomic E-state index is -0.411. The normalized spacial score (nSPS) is 13.5. The van der Waals surface area contributed by atoms with E-state index in [0.717, 1.165) is 11.1 Å². The zero-order valence-electron chi connectivity index (χ0n) is 11.7. The molecule has 0 radical (unpaired) electrons. The summed E-state index contributed by atoms with van der Waals surface area (Å²) >= 11 is 5.90. The van der Waals surface area contributed by atoms with Crippen LogP contribution < -0.4 is 5.73 Å². The van der Waals surface area contributed by atoms with Gasteiger partial charge in [-0.1, -0.05) is 30.7 Å². The topological polar surface area (TPSA) is 49.8 Å². The molecular formula is C17H16ClFN2. The van der Waals surface area contributed by atoms with Crippen molar-refractivity contribution in [1.29, 1.82) is 5.26 Å². The Morgan fingerprint density at radius 1 is 1.19 bits per heavy atom. The van der Waals surface area contributed by atoms with Crippen LogP contribution in [-0.2, 0) is 0 Å². The van der Waals surface area contributed by atoms with Crippen LogP contribution in [0.15, 0.2) is 42.5 Å². The van der Waals surface area contributed by atoms with Gasteiger partial charge in [0.2, 0.25) is 0 Å². The number of benzene rings is 2. The molecule has 0 spiro atoms. The highest BCUT2D eigenvalue weighted by Crippen LogP contribution is 2.33. The van der Waals surface area contributed by atoms with E-state index in [4.69, 9.17) is 22.6 Å². The summed E-state index contributed by atoms with van der Waals surface area (Å²) in [7, 11) is 0. The van der Waals surface area contributed by atoms with E-state index in [0.29, 0.717) is 17.1 Å². The molecule has 0 heterocycles. The number of hydrogen-bond acceptors (Lipinski definition) is 2. The molecule has 0 bridgehead atoms. The summed E-state index contributed by atoms with van der Waals surface area (Å²) in [5.74, 6) is -0.375. The lowest BCUT2D eigenvalue weighted by Crippen LogP contribution is -2.19. The maximum atomic E-state index is 13.6. The standard InChI is InChI=1S/C17H16ClFN2/c1-11(13-2-4-15(18)5-3-13)17(10-21)14-6-12(9-20)7-16(19)8-14/h2-8,11,17H,10,21H2,1H3. The number of nitriles is 1. The molecule has 2 aromatic rings. The first-order chi connectivity index (χ1) is 10.0. The van der Waals surface area contributed by atoms with Gasteiger partial charge in [0.25, 0.3) is 0 Å². The van der Waals surface area contributed by atoms with Gasteiger partial charge in [0.1, 0.15) is 5.82 Å². The molecule has 2 aromatic carbocycles. The maximum Gasteiger partial charge on any atom is 0.124 e. The molecule has 0 amide bonds. The summed E-state index contributed by atoms with van der Waals surface area (Å²) in [6, 6.07) is 13.9. The Morgan fingerprint density at radius 2 is 1.86 bits per heavy atom. The largest absolute Gasteiger partial charge is 0.330 e. The van der Waals surface area contributed by atoms with Crippen molar-refractivity contribution >= 4 is 11.6 Å². The van der Waals surface area contributed by atoms with Gasteiger partial charge >= 0.3 is 0 Å².